The van der Waals surface area contributed by atoms with Gasteiger partial charge in [-0.3, -0.25) is 58.7 Å². The van der Waals surface area contributed by atoms with Gasteiger partial charge in [-0.1, -0.05) is 0 Å². The van der Waals surface area contributed by atoms with E-state index in [1.807, 2.05) is 24.3 Å². The molecule has 0 bridgehead atoms. The molecular formula is C7H19F6IO19P6. The van der Waals surface area contributed by atoms with Crippen molar-refractivity contribution in [2.45, 2.75) is 0 Å². The van der Waals surface area contributed by atoms with Gasteiger partial charge in [-0.15, -0.1) is 25.2 Å². The molecule has 0 saturated carbocycles. The maximum atomic E-state index is 10.4. The van der Waals surface area contributed by atoms with Gasteiger partial charge in [0.1, 0.15) is 5.75 Å². The Morgan fingerprint density at radius 2 is 0.615 bits per heavy atom. The highest BCUT2D eigenvalue weighted by atomic mass is 127. The number of methoxy groups -OCH3 is 1. The highest BCUT2D eigenvalue weighted by molar-refractivity contribution is 14.1. The molecule has 0 aliphatic carbocycles. The fourth-order valence-corrected chi connectivity index (χ4v) is 0.930. The minimum atomic E-state index is -5.14. The third-order valence-electron chi connectivity index (χ3n) is 1.05. The molecule has 0 atom stereocenters. The van der Waals surface area contributed by atoms with Crippen molar-refractivity contribution in [1.82, 2.24) is 0 Å². The first-order valence-electron chi connectivity index (χ1n) is 7.13. The fourth-order valence-electron chi connectivity index (χ4n) is 0.571. The van der Waals surface area contributed by atoms with Crippen LogP contribution in [0.3, 0.4) is 0 Å². The summed E-state index contributed by atoms with van der Waals surface area (Å²) in [6, 6.07) is 7.92. The van der Waals surface area contributed by atoms with Crippen LogP contribution < -0.4 is 4.74 Å². The smallest absolute Gasteiger partial charge is 0.497 e. The van der Waals surface area contributed by atoms with Crippen LogP contribution in [0.5, 0.6) is 5.75 Å². The Labute approximate surface area is 226 Å². The predicted molar refractivity (Wildman–Crippen MR) is 125 cm³/mol. The third-order valence-corrected chi connectivity index (χ3v) is 1.77. The van der Waals surface area contributed by atoms with Gasteiger partial charge in [0.2, 0.25) is 0 Å². The number of ether oxygens (including phenoxy) is 1. The summed E-state index contributed by atoms with van der Waals surface area (Å²) in [6.45, 7) is 0. The molecule has 0 fully saturated rings. The van der Waals surface area contributed by atoms with Crippen molar-refractivity contribution in [3.63, 3.8) is 0 Å². The Hall–Kier alpha value is 0.230. The summed E-state index contributed by atoms with van der Waals surface area (Å²) in [7, 11) is -29.2. The zero-order chi connectivity index (χ0) is 33.7. The molecule has 0 amide bonds. The van der Waals surface area contributed by atoms with Crippen LogP contribution in [0.2, 0.25) is 0 Å². The summed E-state index contributed by atoms with van der Waals surface area (Å²) in [5.41, 5.74) is 0. The summed E-state index contributed by atoms with van der Waals surface area (Å²) >= 11 is 2.26. The van der Waals surface area contributed by atoms with E-state index in [0.717, 1.165) is 5.75 Å². The molecule has 0 radical (unpaired) electrons. The summed E-state index contributed by atoms with van der Waals surface area (Å²) in [4.78, 5) is 83.6. The first-order valence-corrected chi connectivity index (χ1v) is 17.2. The number of rotatable bonds is 1. The molecule has 39 heavy (non-hydrogen) atoms. The maximum absolute atomic E-state index is 10.4. The van der Waals surface area contributed by atoms with Crippen LogP contribution in [0.4, 0.5) is 25.2 Å². The minimum Gasteiger partial charge on any atom is -0.497 e. The van der Waals surface area contributed by atoms with E-state index in [9.17, 15) is 25.2 Å². The van der Waals surface area contributed by atoms with Gasteiger partial charge in [-0.05, 0) is 46.9 Å². The lowest BCUT2D eigenvalue weighted by atomic mass is 10.3. The highest BCUT2D eigenvalue weighted by Crippen LogP contribution is 2.37. The van der Waals surface area contributed by atoms with E-state index >= 15 is 0 Å². The third kappa shape index (κ3) is 335. The molecular weight excluding hydrogens is 815 g/mol. The van der Waals surface area contributed by atoms with E-state index in [-0.39, 0.29) is 0 Å². The minimum absolute atomic E-state index is 0.912. The molecule has 0 heterocycles. The highest BCUT2D eigenvalue weighted by Gasteiger charge is 2.06. The zero-order valence-corrected chi connectivity index (χ0v) is 25.4. The van der Waals surface area contributed by atoms with Crippen molar-refractivity contribution in [1.29, 1.82) is 0 Å². The van der Waals surface area contributed by atoms with Crippen molar-refractivity contribution < 1.29 is 116 Å². The van der Waals surface area contributed by atoms with Crippen molar-refractivity contribution in [2.24, 2.45) is 0 Å². The quantitative estimate of drug-likeness (QED) is 0.110. The lowest BCUT2D eigenvalue weighted by molar-refractivity contribution is 0.320. The van der Waals surface area contributed by atoms with E-state index in [1.165, 1.54) is 3.57 Å². The Morgan fingerprint density at radius 1 is 0.487 bits per heavy atom. The van der Waals surface area contributed by atoms with Crippen molar-refractivity contribution in [3.05, 3.63) is 27.8 Å². The summed E-state index contributed by atoms with van der Waals surface area (Å²) < 4.78 is 120. The van der Waals surface area contributed by atoms with Crippen LogP contribution in [0, 0.1) is 3.57 Å². The first kappa shape index (κ1) is 51.9. The largest absolute Gasteiger partial charge is 0.507 e. The molecule has 12 N–H and O–H groups in total. The Bertz CT molecular complexity index is 819. The van der Waals surface area contributed by atoms with Crippen LogP contribution in [0.15, 0.2) is 24.3 Å². The van der Waals surface area contributed by atoms with E-state index in [4.69, 9.17) is 90.8 Å². The van der Waals surface area contributed by atoms with Gasteiger partial charge in [-0.25, -0.2) is 27.4 Å². The predicted octanol–water partition coefficient (Wildman–Crippen LogP) is 2.59. The molecule has 32 heteroatoms. The average molecular weight is 834 g/mol. The standard InChI is InChI=1S/C7H7IO.6FH2O3P/c1-9-7-4-2-6(8)3-5-7;6*1-5(2,3)4/h2-5H,1H3;6*(H2,2,3,4). The van der Waals surface area contributed by atoms with Gasteiger partial charge >= 0.3 is 47.4 Å². The number of benzene rings is 1. The average Bonchev–Trinajstić information content (AvgIpc) is 2.45. The fraction of sp³-hybridized carbons (Fsp3) is 0.143. The Morgan fingerprint density at radius 3 is 0.718 bits per heavy atom. The lowest BCUT2D eigenvalue weighted by Gasteiger charge is -1.96. The first-order chi connectivity index (χ1) is 16.3. The van der Waals surface area contributed by atoms with Crippen LogP contribution in [0.25, 0.3) is 0 Å². The second-order valence-electron chi connectivity index (χ2n) is 4.50. The maximum Gasteiger partial charge on any atom is 0.507 e. The molecule has 0 saturated heterocycles. The van der Waals surface area contributed by atoms with Crippen molar-refractivity contribution in [2.75, 3.05) is 7.11 Å². The van der Waals surface area contributed by atoms with Gasteiger partial charge in [0.15, 0.2) is 0 Å². The zero-order valence-electron chi connectivity index (χ0n) is 17.9. The molecule has 19 nitrogen and oxygen atoms in total. The van der Waals surface area contributed by atoms with Gasteiger partial charge in [0, 0.05) is 3.57 Å². The molecule has 0 aliphatic heterocycles. The number of hydrogen-bond donors (Lipinski definition) is 12. The number of halogens is 7. The van der Waals surface area contributed by atoms with E-state index in [2.05, 4.69) is 22.6 Å². The summed E-state index contributed by atoms with van der Waals surface area (Å²) in [5, 5.41) is 0. The van der Waals surface area contributed by atoms with Crippen LogP contribution in [0.1, 0.15) is 0 Å². The van der Waals surface area contributed by atoms with Crippen LogP contribution in [-0.4, -0.2) is 65.8 Å². The summed E-state index contributed by atoms with van der Waals surface area (Å²) in [6.07, 6.45) is 0. The molecule has 0 aliphatic rings. The van der Waals surface area contributed by atoms with Crippen LogP contribution in [-0.2, 0) is 27.4 Å². The van der Waals surface area contributed by atoms with Gasteiger partial charge in [0.25, 0.3) is 0 Å². The summed E-state index contributed by atoms with van der Waals surface area (Å²) in [5.74, 6) is 0.912. The molecule has 1 rings (SSSR count). The lowest BCUT2D eigenvalue weighted by Crippen LogP contribution is -1.80. The Balaban J connectivity index is -0.0000000830. The second-order valence-corrected chi connectivity index (χ2v) is 11.4. The number of hydrogen-bond acceptors (Lipinski definition) is 7. The normalized spacial score (nSPS) is 11.2. The van der Waals surface area contributed by atoms with E-state index in [0.29, 0.717) is 0 Å². The second kappa shape index (κ2) is 23.8. The monoisotopic (exact) mass is 834 g/mol. The SMILES string of the molecule is COc1ccc(I)cc1.O=P(O)(O)F.O=P(O)(O)F.O=P(O)(O)F.O=P(O)(O)F.O=P(O)(O)F.O=P(O)(O)F. The molecule has 0 unspecified atom stereocenters. The molecule has 0 aromatic heterocycles. The van der Waals surface area contributed by atoms with Crippen molar-refractivity contribution in [3.8, 4) is 5.75 Å². The topological polar surface area (TPSA) is 354 Å². The molecule has 240 valence electrons. The molecule has 1 aromatic carbocycles. The van der Waals surface area contributed by atoms with E-state index in [1.54, 1.807) is 7.11 Å². The van der Waals surface area contributed by atoms with Gasteiger partial charge in [-0.2, -0.15) is 0 Å². The van der Waals surface area contributed by atoms with Crippen molar-refractivity contribution >= 4 is 70.0 Å². The van der Waals surface area contributed by atoms with Crippen LogP contribution >= 0.6 is 70.0 Å². The van der Waals surface area contributed by atoms with Gasteiger partial charge in [0.05, 0.1) is 7.11 Å². The molecule has 1 aromatic rings. The van der Waals surface area contributed by atoms with Gasteiger partial charge < -0.3 is 4.74 Å². The van der Waals surface area contributed by atoms with E-state index < -0.39 is 47.4 Å². The molecule has 0 spiro atoms. The Kier molecular flexibility index (Phi) is 31.6.